The lowest BCUT2D eigenvalue weighted by molar-refractivity contribution is -0.144. The average molecular weight is 392 g/mol. The van der Waals surface area contributed by atoms with Crippen LogP contribution >= 0.6 is 0 Å². The van der Waals surface area contributed by atoms with Gasteiger partial charge in [-0.2, -0.15) is 0 Å². The number of hydrogen-bond acceptors (Lipinski definition) is 7. The molecule has 1 aromatic heterocycles. The van der Waals surface area contributed by atoms with E-state index >= 15 is 0 Å². The standard InChI is InChI=1S/C19H33BN4O4/c21-19(18(25)26,7-1-2-9-20(27)28)8-3-12-24-13-5-16(6-14-24)15-17-22-10-4-11-23-17/h4,10-11,16,27-28H,1-3,5-9,12-15,21H2,(H,25,26). The van der Waals surface area contributed by atoms with Gasteiger partial charge in [-0.3, -0.25) is 4.79 Å². The van der Waals surface area contributed by atoms with E-state index in [1.807, 2.05) is 6.07 Å². The molecular formula is C19H33BN4O4. The summed E-state index contributed by atoms with van der Waals surface area (Å²) in [7, 11) is -1.34. The van der Waals surface area contributed by atoms with Gasteiger partial charge in [0.05, 0.1) is 0 Å². The predicted molar refractivity (Wildman–Crippen MR) is 108 cm³/mol. The van der Waals surface area contributed by atoms with E-state index in [9.17, 15) is 9.90 Å². The zero-order valence-corrected chi connectivity index (χ0v) is 16.5. The molecule has 0 bridgehead atoms. The summed E-state index contributed by atoms with van der Waals surface area (Å²) in [4.78, 5) is 22.6. The number of aliphatic carboxylic acids is 1. The first-order valence-corrected chi connectivity index (χ1v) is 10.3. The van der Waals surface area contributed by atoms with Crippen LogP contribution in [-0.4, -0.2) is 68.3 Å². The van der Waals surface area contributed by atoms with Crippen molar-refractivity contribution < 1.29 is 19.9 Å². The summed E-state index contributed by atoms with van der Waals surface area (Å²) in [5, 5.41) is 27.3. The predicted octanol–water partition coefficient (Wildman–Crippen LogP) is 0.936. The molecule has 2 heterocycles. The smallest absolute Gasteiger partial charge is 0.451 e. The Bertz CT molecular complexity index is 585. The number of unbranched alkanes of at least 4 members (excludes halogenated alkanes) is 1. The van der Waals surface area contributed by atoms with E-state index in [1.165, 1.54) is 0 Å². The molecule has 1 saturated heterocycles. The summed E-state index contributed by atoms with van der Waals surface area (Å²) in [6.45, 7) is 2.88. The highest BCUT2D eigenvalue weighted by molar-refractivity contribution is 6.40. The fourth-order valence-corrected chi connectivity index (χ4v) is 3.83. The first-order chi connectivity index (χ1) is 13.4. The van der Waals surface area contributed by atoms with Crippen molar-refractivity contribution >= 4 is 13.1 Å². The van der Waals surface area contributed by atoms with E-state index in [-0.39, 0.29) is 6.32 Å². The fraction of sp³-hybridized carbons (Fsp3) is 0.737. The number of rotatable bonds is 12. The summed E-state index contributed by atoms with van der Waals surface area (Å²) in [6, 6.07) is 1.83. The summed E-state index contributed by atoms with van der Waals surface area (Å²) < 4.78 is 0. The first-order valence-electron chi connectivity index (χ1n) is 10.3. The highest BCUT2D eigenvalue weighted by Gasteiger charge is 2.33. The quantitative estimate of drug-likeness (QED) is 0.305. The van der Waals surface area contributed by atoms with Crippen LogP contribution in [0.5, 0.6) is 0 Å². The zero-order chi connectivity index (χ0) is 20.4. The molecule has 1 atom stereocenters. The lowest BCUT2D eigenvalue weighted by Gasteiger charge is -2.32. The number of nitrogens with two attached hydrogens (primary N) is 1. The van der Waals surface area contributed by atoms with E-state index in [2.05, 4.69) is 14.9 Å². The number of carboxylic acids is 1. The van der Waals surface area contributed by atoms with Crippen LogP contribution < -0.4 is 5.73 Å². The van der Waals surface area contributed by atoms with Crippen LogP contribution in [0.1, 0.15) is 50.8 Å². The number of carboxylic acid groups (broad SMARTS) is 1. The van der Waals surface area contributed by atoms with Gasteiger partial charge in [0.1, 0.15) is 11.4 Å². The molecule has 0 spiro atoms. The second kappa shape index (κ2) is 11.5. The number of likely N-dealkylation sites (tertiary alicyclic amines) is 1. The highest BCUT2D eigenvalue weighted by Crippen LogP contribution is 2.23. The largest absolute Gasteiger partial charge is 0.480 e. The Kier molecular flexibility index (Phi) is 9.30. The molecule has 2 rings (SSSR count). The molecule has 1 aliphatic rings. The third-order valence-corrected chi connectivity index (χ3v) is 5.66. The molecular weight excluding hydrogens is 359 g/mol. The maximum absolute atomic E-state index is 11.6. The number of hydrogen-bond donors (Lipinski definition) is 4. The van der Waals surface area contributed by atoms with Gasteiger partial charge in [0, 0.05) is 18.8 Å². The molecule has 0 saturated carbocycles. The van der Waals surface area contributed by atoms with Crippen LogP contribution in [-0.2, 0) is 11.2 Å². The number of aromatic nitrogens is 2. The lowest BCUT2D eigenvalue weighted by Crippen LogP contribution is -2.48. The van der Waals surface area contributed by atoms with Gasteiger partial charge in [-0.05, 0) is 70.0 Å². The summed E-state index contributed by atoms with van der Waals surface area (Å²) >= 11 is 0. The van der Waals surface area contributed by atoms with Crippen molar-refractivity contribution in [3.63, 3.8) is 0 Å². The van der Waals surface area contributed by atoms with E-state index in [0.717, 1.165) is 51.1 Å². The van der Waals surface area contributed by atoms with E-state index in [4.69, 9.17) is 15.8 Å². The van der Waals surface area contributed by atoms with Gasteiger partial charge in [0.15, 0.2) is 0 Å². The van der Waals surface area contributed by atoms with Crippen molar-refractivity contribution in [1.29, 1.82) is 0 Å². The second-order valence-electron chi connectivity index (χ2n) is 7.95. The number of carbonyl (C=O) groups is 1. The molecule has 1 unspecified atom stereocenters. The van der Waals surface area contributed by atoms with Gasteiger partial charge in [0.2, 0.25) is 0 Å². The normalized spacial score (nSPS) is 18.0. The van der Waals surface area contributed by atoms with Crippen molar-refractivity contribution in [2.75, 3.05) is 19.6 Å². The Labute approximate surface area is 167 Å². The molecule has 28 heavy (non-hydrogen) atoms. The third-order valence-electron chi connectivity index (χ3n) is 5.66. The first kappa shape index (κ1) is 22.7. The Morgan fingerprint density at radius 3 is 2.43 bits per heavy atom. The van der Waals surface area contributed by atoms with Crippen LogP contribution in [0.15, 0.2) is 18.5 Å². The summed E-state index contributed by atoms with van der Waals surface area (Å²) in [6.07, 6.45) is 9.61. The van der Waals surface area contributed by atoms with Gasteiger partial charge in [-0.25, -0.2) is 9.97 Å². The van der Waals surface area contributed by atoms with Crippen LogP contribution in [0, 0.1) is 5.92 Å². The third kappa shape index (κ3) is 7.83. The number of nitrogens with zero attached hydrogens (tertiary/aromatic N) is 3. The van der Waals surface area contributed by atoms with Gasteiger partial charge in [0.25, 0.3) is 0 Å². The van der Waals surface area contributed by atoms with Crippen molar-refractivity contribution in [3.05, 3.63) is 24.3 Å². The van der Waals surface area contributed by atoms with Gasteiger partial charge >= 0.3 is 13.1 Å². The van der Waals surface area contributed by atoms with Crippen molar-refractivity contribution in [2.24, 2.45) is 11.7 Å². The Hall–Kier alpha value is -1.55. The topological polar surface area (TPSA) is 133 Å². The van der Waals surface area contributed by atoms with Crippen LogP contribution in [0.4, 0.5) is 0 Å². The van der Waals surface area contributed by atoms with Gasteiger partial charge in [-0.1, -0.05) is 12.8 Å². The summed E-state index contributed by atoms with van der Waals surface area (Å²) in [5.41, 5.74) is 4.89. The van der Waals surface area contributed by atoms with Gasteiger partial charge < -0.3 is 25.8 Å². The SMILES string of the molecule is NC(CCCCB(O)O)(CCCN1CCC(Cc2ncccn2)CC1)C(=O)O. The molecule has 0 aliphatic carbocycles. The zero-order valence-electron chi connectivity index (χ0n) is 16.5. The molecule has 0 amide bonds. The van der Waals surface area contributed by atoms with E-state index in [0.29, 0.717) is 31.6 Å². The molecule has 9 heteroatoms. The lowest BCUT2D eigenvalue weighted by atomic mass is 9.81. The molecule has 5 N–H and O–H groups in total. The van der Waals surface area contributed by atoms with Crippen LogP contribution in [0.25, 0.3) is 0 Å². The van der Waals surface area contributed by atoms with Crippen LogP contribution in [0.3, 0.4) is 0 Å². The maximum atomic E-state index is 11.6. The molecule has 1 fully saturated rings. The monoisotopic (exact) mass is 392 g/mol. The van der Waals surface area contributed by atoms with Gasteiger partial charge in [-0.15, -0.1) is 0 Å². The Morgan fingerprint density at radius 1 is 1.18 bits per heavy atom. The fourth-order valence-electron chi connectivity index (χ4n) is 3.83. The second-order valence-corrected chi connectivity index (χ2v) is 7.95. The minimum absolute atomic E-state index is 0.249. The molecule has 156 valence electrons. The average Bonchev–Trinajstić information content (AvgIpc) is 2.67. The maximum Gasteiger partial charge on any atom is 0.451 e. The minimum atomic E-state index is -1.34. The van der Waals surface area contributed by atoms with E-state index in [1.54, 1.807) is 12.4 Å². The van der Waals surface area contributed by atoms with Crippen molar-refractivity contribution in [3.8, 4) is 0 Å². The molecule has 1 aliphatic heterocycles. The molecule has 0 radical (unpaired) electrons. The van der Waals surface area contributed by atoms with Crippen molar-refractivity contribution in [1.82, 2.24) is 14.9 Å². The molecule has 0 aromatic carbocycles. The van der Waals surface area contributed by atoms with E-state index < -0.39 is 18.6 Å². The summed E-state index contributed by atoms with van der Waals surface area (Å²) in [5.74, 6) is 0.538. The Balaban J connectivity index is 1.66. The highest BCUT2D eigenvalue weighted by atomic mass is 16.4. The van der Waals surface area contributed by atoms with Crippen LogP contribution in [0.2, 0.25) is 6.32 Å². The molecule has 8 nitrogen and oxygen atoms in total. The van der Waals surface area contributed by atoms with Crippen molar-refractivity contribution in [2.45, 2.75) is 63.2 Å². The minimum Gasteiger partial charge on any atom is -0.480 e. The molecule has 1 aromatic rings. The Morgan fingerprint density at radius 2 is 1.82 bits per heavy atom. The number of piperidine rings is 1.